The molecule has 0 atom stereocenters. The normalized spacial score (nSPS) is 11.4. The topological polar surface area (TPSA) is 57.6 Å². The lowest BCUT2D eigenvalue weighted by Gasteiger charge is -2.22. The molecule has 7 heteroatoms. The highest BCUT2D eigenvalue weighted by Gasteiger charge is 2.31. The summed E-state index contributed by atoms with van der Waals surface area (Å²) in [4.78, 5) is 24.3. The first kappa shape index (κ1) is 21.5. The van der Waals surface area contributed by atoms with Gasteiger partial charge in [0, 0.05) is 20.0 Å². The van der Waals surface area contributed by atoms with Gasteiger partial charge in [-0.2, -0.15) is 13.2 Å². The van der Waals surface area contributed by atoms with E-state index in [9.17, 15) is 22.8 Å². The Hall–Kier alpha value is -2.83. The molecule has 1 N–H and O–H groups in total. The number of hydrogen-bond acceptors (Lipinski definition) is 2. The van der Waals surface area contributed by atoms with Crippen molar-refractivity contribution in [2.45, 2.75) is 39.9 Å². The highest BCUT2D eigenvalue weighted by molar-refractivity contribution is 5.76. The van der Waals surface area contributed by atoms with Crippen LogP contribution in [0.1, 0.15) is 36.1 Å². The fraction of sp³-hybridized carbons (Fsp3) is 0.333. The highest BCUT2D eigenvalue weighted by atomic mass is 19.4. The van der Waals surface area contributed by atoms with Crippen LogP contribution in [0.2, 0.25) is 0 Å². The Morgan fingerprint density at radius 3 is 2.29 bits per heavy atom. The van der Waals surface area contributed by atoms with Crippen LogP contribution >= 0.6 is 0 Å². The van der Waals surface area contributed by atoms with Gasteiger partial charge < -0.3 is 10.0 Å². The second-order valence-corrected chi connectivity index (χ2v) is 6.61. The van der Waals surface area contributed by atoms with E-state index in [-0.39, 0.29) is 18.9 Å². The first-order chi connectivity index (χ1) is 13.0. The van der Waals surface area contributed by atoms with Crippen LogP contribution in [-0.4, -0.2) is 28.4 Å². The number of alkyl halides is 3. The zero-order chi connectivity index (χ0) is 21.1. The summed E-state index contributed by atoms with van der Waals surface area (Å²) >= 11 is 0. The molecular formula is C21H22F3NO3. The number of rotatable bonds is 6. The van der Waals surface area contributed by atoms with Crippen LogP contribution in [0.15, 0.2) is 36.4 Å². The Morgan fingerprint density at radius 1 is 1.07 bits per heavy atom. The van der Waals surface area contributed by atoms with E-state index in [1.54, 1.807) is 32.0 Å². The van der Waals surface area contributed by atoms with Gasteiger partial charge in [0.2, 0.25) is 5.91 Å². The molecule has 0 saturated carbocycles. The van der Waals surface area contributed by atoms with E-state index in [2.05, 4.69) is 0 Å². The minimum Gasteiger partial charge on any atom is -0.481 e. The summed E-state index contributed by atoms with van der Waals surface area (Å²) in [6.45, 7) is 5.31. The van der Waals surface area contributed by atoms with E-state index in [0.29, 0.717) is 28.8 Å². The number of carboxylic acids is 1. The van der Waals surface area contributed by atoms with E-state index in [1.807, 2.05) is 0 Å². The molecule has 0 unspecified atom stereocenters. The summed E-state index contributed by atoms with van der Waals surface area (Å²) in [6.07, 6.45) is -4.67. The molecule has 0 aliphatic carbocycles. The smallest absolute Gasteiger partial charge is 0.416 e. The quantitative estimate of drug-likeness (QED) is 0.776. The van der Waals surface area contributed by atoms with E-state index in [4.69, 9.17) is 5.11 Å². The highest BCUT2D eigenvalue weighted by Crippen LogP contribution is 2.34. The lowest BCUT2D eigenvalue weighted by Crippen LogP contribution is -2.28. The minimum atomic E-state index is -4.50. The first-order valence-corrected chi connectivity index (χ1v) is 8.80. The average Bonchev–Trinajstić information content (AvgIpc) is 2.60. The number of amides is 1. The molecule has 0 aliphatic heterocycles. The number of aryl methyl sites for hydroxylation is 1. The molecular weight excluding hydrogens is 371 g/mol. The van der Waals surface area contributed by atoms with Crippen LogP contribution < -0.4 is 0 Å². The number of benzene rings is 2. The maximum absolute atomic E-state index is 13.2. The Balaban J connectivity index is 2.59. The summed E-state index contributed by atoms with van der Waals surface area (Å²) in [6, 6.07) is 8.60. The van der Waals surface area contributed by atoms with Gasteiger partial charge >= 0.3 is 12.1 Å². The molecule has 0 fully saturated rings. The third kappa shape index (κ3) is 5.12. The third-order valence-electron chi connectivity index (χ3n) is 4.62. The molecule has 28 heavy (non-hydrogen) atoms. The van der Waals surface area contributed by atoms with Crippen molar-refractivity contribution in [3.63, 3.8) is 0 Å². The van der Waals surface area contributed by atoms with E-state index in [1.165, 1.54) is 17.9 Å². The molecule has 0 bridgehead atoms. The van der Waals surface area contributed by atoms with Gasteiger partial charge in [-0.1, -0.05) is 24.3 Å². The second-order valence-electron chi connectivity index (χ2n) is 6.61. The predicted octanol–water partition coefficient (Wildman–Crippen LogP) is 4.68. The van der Waals surface area contributed by atoms with Gasteiger partial charge in [-0.3, -0.25) is 9.59 Å². The zero-order valence-corrected chi connectivity index (χ0v) is 15.9. The summed E-state index contributed by atoms with van der Waals surface area (Å²) < 4.78 is 39.6. The van der Waals surface area contributed by atoms with Crippen molar-refractivity contribution >= 4 is 11.9 Å². The van der Waals surface area contributed by atoms with Gasteiger partial charge in [-0.25, -0.2) is 0 Å². The Morgan fingerprint density at radius 2 is 1.75 bits per heavy atom. The third-order valence-corrected chi connectivity index (χ3v) is 4.62. The number of hydrogen-bond donors (Lipinski definition) is 1. The minimum absolute atomic E-state index is 0.0349. The molecule has 2 aromatic carbocycles. The summed E-state index contributed by atoms with van der Waals surface area (Å²) in [5.74, 6) is -1.22. The maximum atomic E-state index is 13.2. The van der Waals surface area contributed by atoms with Crippen molar-refractivity contribution in [2.24, 2.45) is 0 Å². The largest absolute Gasteiger partial charge is 0.481 e. The molecule has 0 radical (unpaired) electrons. The molecule has 1 amide bonds. The molecule has 150 valence electrons. The molecule has 0 saturated heterocycles. The molecule has 4 nitrogen and oxygen atoms in total. The summed E-state index contributed by atoms with van der Waals surface area (Å²) in [7, 11) is 0. The number of carbonyl (C=O) groups is 2. The first-order valence-electron chi connectivity index (χ1n) is 8.80. The van der Waals surface area contributed by atoms with Crippen LogP contribution in [0.5, 0.6) is 0 Å². The monoisotopic (exact) mass is 393 g/mol. The molecule has 2 aromatic rings. The number of aliphatic carboxylic acids is 1. The Kier molecular flexibility index (Phi) is 6.48. The van der Waals surface area contributed by atoms with Gasteiger partial charge in [-0.15, -0.1) is 0 Å². The maximum Gasteiger partial charge on any atom is 0.416 e. The Bertz CT molecular complexity index is 891. The zero-order valence-electron chi connectivity index (χ0n) is 15.9. The second kappa shape index (κ2) is 8.46. The van der Waals surface area contributed by atoms with Crippen molar-refractivity contribution in [2.75, 3.05) is 6.54 Å². The SMILES string of the molecule is CCN(Cc1cc(C(F)(F)F)ccc1-c1ccc(C)c(CC(=O)O)c1)C(C)=O. The lowest BCUT2D eigenvalue weighted by molar-refractivity contribution is -0.138. The molecule has 0 spiro atoms. The number of halogens is 3. The fourth-order valence-electron chi connectivity index (χ4n) is 3.03. The summed E-state index contributed by atoms with van der Waals surface area (Å²) in [5.41, 5.74) is 2.11. The van der Waals surface area contributed by atoms with E-state index in [0.717, 1.165) is 17.7 Å². The van der Waals surface area contributed by atoms with Crippen molar-refractivity contribution < 1.29 is 27.9 Å². The summed E-state index contributed by atoms with van der Waals surface area (Å²) in [5, 5.41) is 9.08. The van der Waals surface area contributed by atoms with Crippen molar-refractivity contribution in [3.05, 3.63) is 58.7 Å². The van der Waals surface area contributed by atoms with Crippen molar-refractivity contribution in [3.8, 4) is 11.1 Å². The van der Waals surface area contributed by atoms with Gasteiger partial charge in [0.15, 0.2) is 0 Å². The van der Waals surface area contributed by atoms with Crippen LogP contribution in [-0.2, 0) is 28.7 Å². The van der Waals surface area contributed by atoms with Gasteiger partial charge in [0.1, 0.15) is 0 Å². The fourth-order valence-corrected chi connectivity index (χ4v) is 3.03. The van der Waals surface area contributed by atoms with Gasteiger partial charge in [0.25, 0.3) is 0 Å². The van der Waals surface area contributed by atoms with Crippen molar-refractivity contribution in [1.29, 1.82) is 0 Å². The number of nitrogens with zero attached hydrogens (tertiary/aromatic N) is 1. The van der Waals surface area contributed by atoms with E-state index >= 15 is 0 Å². The van der Waals surface area contributed by atoms with Crippen LogP contribution in [0, 0.1) is 6.92 Å². The Labute approximate surface area is 161 Å². The van der Waals surface area contributed by atoms with Crippen LogP contribution in [0.4, 0.5) is 13.2 Å². The van der Waals surface area contributed by atoms with Crippen LogP contribution in [0.3, 0.4) is 0 Å². The standard InChI is InChI=1S/C21H22F3NO3/c1-4-25(14(3)26)12-17-10-18(21(22,23)24)7-8-19(17)15-6-5-13(2)16(9-15)11-20(27)28/h5-10H,4,11-12H2,1-3H3,(H,27,28). The van der Waals surface area contributed by atoms with Crippen LogP contribution in [0.25, 0.3) is 11.1 Å². The molecule has 0 aromatic heterocycles. The van der Waals surface area contributed by atoms with E-state index < -0.39 is 17.7 Å². The predicted molar refractivity (Wildman–Crippen MR) is 99.7 cm³/mol. The molecule has 2 rings (SSSR count). The number of carboxylic acid groups (broad SMARTS) is 1. The van der Waals surface area contributed by atoms with Gasteiger partial charge in [0.05, 0.1) is 12.0 Å². The van der Waals surface area contributed by atoms with Gasteiger partial charge in [-0.05, 0) is 53.8 Å². The average molecular weight is 393 g/mol. The van der Waals surface area contributed by atoms with Crippen molar-refractivity contribution in [1.82, 2.24) is 4.90 Å². The molecule has 0 aliphatic rings. The lowest BCUT2D eigenvalue weighted by atomic mass is 9.93. The number of carbonyl (C=O) groups excluding carboxylic acids is 1. The molecule has 0 heterocycles.